The molecule has 1 heterocycles. The third kappa shape index (κ3) is 4.26. The number of carboxylic acids is 1. The minimum absolute atomic E-state index is 0.00540. The molecule has 0 aliphatic carbocycles. The van der Waals surface area contributed by atoms with Crippen LogP contribution in [0.4, 0.5) is 0 Å². The van der Waals surface area contributed by atoms with Crippen molar-refractivity contribution in [2.75, 3.05) is 13.6 Å². The number of carbonyl (C=O) groups excluding carboxylic acids is 1. The SMILES string of the molecule is CN(CCCC(=O)O)C(=O)c1ccc(=O)n(-c2ccccc2)n1. The first-order chi connectivity index (χ1) is 11.0. The molecule has 0 atom stereocenters. The van der Waals surface area contributed by atoms with Crippen molar-refractivity contribution in [3.05, 3.63) is 58.5 Å². The predicted octanol–water partition coefficient (Wildman–Crippen LogP) is 1.17. The molecule has 7 nitrogen and oxygen atoms in total. The van der Waals surface area contributed by atoms with E-state index in [1.165, 1.54) is 21.7 Å². The largest absolute Gasteiger partial charge is 0.481 e. The average Bonchev–Trinajstić information content (AvgIpc) is 2.55. The van der Waals surface area contributed by atoms with E-state index in [0.717, 1.165) is 0 Å². The number of nitrogens with zero attached hydrogens (tertiary/aromatic N) is 3. The van der Waals surface area contributed by atoms with Crippen LogP contribution in [0.5, 0.6) is 0 Å². The van der Waals surface area contributed by atoms with Crippen LogP contribution in [0.2, 0.25) is 0 Å². The van der Waals surface area contributed by atoms with Crippen LogP contribution in [0.15, 0.2) is 47.3 Å². The van der Waals surface area contributed by atoms with Crippen molar-refractivity contribution < 1.29 is 14.7 Å². The molecular weight excluding hydrogens is 298 g/mol. The van der Waals surface area contributed by atoms with Crippen molar-refractivity contribution in [3.8, 4) is 5.69 Å². The number of benzene rings is 1. The lowest BCUT2D eigenvalue weighted by atomic mass is 10.2. The molecule has 1 aromatic carbocycles. The van der Waals surface area contributed by atoms with E-state index >= 15 is 0 Å². The van der Waals surface area contributed by atoms with Crippen LogP contribution in [0.1, 0.15) is 23.3 Å². The Hall–Kier alpha value is -2.96. The van der Waals surface area contributed by atoms with Crippen LogP contribution < -0.4 is 5.56 Å². The maximum absolute atomic E-state index is 12.3. The van der Waals surface area contributed by atoms with Crippen LogP contribution in [0, 0.1) is 0 Å². The van der Waals surface area contributed by atoms with Gasteiger partial charge in [-0.05, 0) is 24.6 Å². The Morgan fingerprint density at radius 1 is 1.17 bits per heavy atom. The summed E-state index contributed by atoms with van der Waals surface area (Å²) in [6.45, 7) is 0.303. The molecule has 0 bridgehead atoms. The second-order valence-electron chi connectivity index (χ2n) is 5.03. The fraction of sp³-hybridized carbons (Fsp3) is 0.250. The zero-order valence-electron chi connectivity index (χ0n) is 12.7. The molecule has 1 aromatic heterocycles. The minimum atomic E-state index is -0.901. The summed E-state index contributed by atoms with van der Waals surface area (Å²) in [7, 11) is 1.57. The summed E-state index contributed by atoms with van der Waals surface area (Å²) in [5.74, 6) is -1.26. The first-order valence-electron chi connectivity index (χ1n) is 7.12. The predicted molar refractivity (Wildman–Crippen MR) is 83.7 cm³/mol. The van der Waals surface area contributed by atoms with E-state index in [1.807, 2.05) is 6.07 Å². The van der Waals surface area contributed by atoms with Gasteiger partial charge in [0.2, 0.25) is 0 Å². The van der Waals surface area contributed by atoms with E-state index in [-0.39, 0.29) is 23.6 Å². The Bertz CT molecular complexity index is 755. The van der Waals surface area contributed by atoms with E-state index in [1.54, 1.807) is 31.3 Å². The molecule has 0 unspecified atom stereocenters. The summed E-state index contributed by atoms with van der Waals surface area (Å²) in [4.78, 5) is 36.1. The Labute approximate surface area is 132 Å². The molecule has 0 aliphatic heterocycles. The van der Waals surface area contributed by atoms with Gasteiger partial charge in [0.05, 0.1) is 5.69 Å². The number of carbonyl (C=O) groups is 2. The number of aliphatic carboxylic acids is 1. The number of hydrogen-bond donors (Lipinski definition) is 1. The van der Waals surface area contributed by atoms with Crippen LogP contribution in [-0.2, 0) is 4.79 Å². The lowest BCUT2D eigenvalue weighted by molar-refractivity contribution is -0.137. The van der Waals surface area contributed by atoms with E-state index in [2.05, 4.69) is 5.10 Å². The minimum Gasteiger partial charge on any atom is -0.481 e. The average molecular weight is 315 g/mol. The molecule has 1 N–H and O–H groups in total. The summed E-state index contributed by atoms with van der Waals surface area (Å²) >= 11 is 0. The van der Waals surface area contributed by atoms with Gasteiger partial charge in [0.25, 0.3) is 11.5 Å². The molecule has 2 rings (SSSR count). The van der Waals surface area contributed by atoms with Gasteiger partial charge in [0.15, 0.2) is 0 Å². The van der Waals surface area contributed by atoms with E-state index in [4.69, 9.17) is 5.11 Å². The van der Waals surface area contributed by atoms with Crippen molar-refractivity contribution in [3.63, 3.8) is 0 Å². The standard InChI is InChI=1S/C16H17N3O4/c1-18(11-5-8-15(21)22)16(23)13-9-10-14(20)19(17-13)12-6-3-2-4-7-12/h2-4,6-7,9-10H,5,8,11H2,1H3,(H,21,22). The molecule has 120 valence electrons. The lowest BCUT2D eigenvalue weighted by Crippen LogP contribution is -2.31. The maximum atomic E-state index is 12.3. The maximum Gasteiger partial charge on any atom is 0.303 e. The Morgan fingerprint density at radius 2 is 1.87 bits per heavy atom. The van der Waals surface area contributed by atoms with Crippen molar-refractivity contribution in [1.29, 1.82) is 0 Å². The number of rotatable bonds is 6. The molecule has 23 heavy (non-hydrogen) atoms. The number of hydrogen-bond acceptors (Lipinski definition) is 4. The smallest absolute Gasteiger partial charge is 0.303 e. The van der Waals surface area contributed by atoms with Gasteiger partial charge in [-0.3, -0.25) is 14.4 Å². The van der Waals surface area contributed by atoms with Crippen LogP contribution in [-0.4, -0.2) is 45.3 Å². The summed E-state index contributed by atoms with van der Waals surface area (Å²) in [6.07, 6.45) is 0.352. The highest BCUT2D eigenvalue weighted by Crippen LogP contribution is 2.05. The Morgan fingerprint density at radius 3 is 2.52 bits per heavy atom. The highest BCUT2D eigenvalue weighted by molar-refractivity contribution is 5.91. The monoisotopic (exact) mass is 315 g/mol. The van der Waals surface area contributed by atoms with E-state index in [9.17, 15) is 14.4 Å². The fourth-order valence-electron chi connectivity index (χ4n) is 2.04. The van der Waals surface area contributed by atoms with Crippen LogP contribution in [0.3, 0.4) is 0 Å². The number of para-hydroxylation sites is 1. The van der Waals surface area contributed by atoms with Crippen molar-refractivity contribution in [2.24, 2.45) is 0 Å². The van der Waals surface area contributed by atoms with Gasteiger partial charge in [-0.2, -0.15) is 9.78 Å². The molecule has 0 saturated heterocycles. The van der Waals surface area contributed by atoms with Crippen LogP contribution in [0.25, 0.3) is 5.69 Å². The molecular formula is C16H17N3O4. The zero-order chi connectivity index (χ0) is 16.8. The quantitative estimate of drug-likeness (QED) is 0.864. The van der Waals surface area contributed by atoms with Gasteiger partial charge in [-0.1, -0.05) is 18.2 Å². The van der Waals surface area contributed by atoms with Gasteiger partial charge in [-0.15, -0.1) is 0 Å². The molecule has 0 saturated carbocycles. The second-order valence-corrected chi connectivity index (χ2v) is 5.03. The first-order valence-corrected chi connectivity index (χ1v) is 7.12. The van der Waals surface area contributed by atoms with Gasteiger partial charge in [0, 0.05) is 26.1 Å². The van der Waals surface area contributed by atoms with Crippen molar-refractivity contribution in [1.82, 2.24) is 14.7 Å². The number of aromatic nitrogens is 2. The Kier molecular flexibility index (Phi) is 5.24. The zero-order valence-corrected chi connectivity index (χ0v) is 12.7. The number of carboxylic acid groups (broad SMARTS) is 1. The summed E-state index contributed by atoms with van der Waals surface area (Å²) in [6, 6.07) is 11.5. The van der Waals surface area contributed by atoms with E-state index in [0.29, 0.717) is 18.7 Å². The third-order valence-corrected chi connectivity index (χ3v) is 3.25. The van der Waals surface area contributed by atoms with Gasteiger partial charge < -0.3 is 10.0 Å². The normalized spacial score (nSPS) is 10.3. The summed E-state index contributed by atoms with van der Waals surface area (Å²) < 4.78 is 1.17. The molecule has 2 aromatic rings. The topological polar surface area (TPSA) is 92.5 Å². The first kappa shape index (κ1) is 16.4. The van der Waals surface area contributed by atoms with Crippen molar-refractivity contribution in [2.45, 2.75) is 12.8 Å². The Balaban J connectivity index is 2.18. The van der Waals surface area contributed by atoms with Gasteiger partial charge in [0.1, 0.15) is 5.69 Å². The number of amides is 1. The molecule has 0 fully saturated rings. The molecule has 7 heteroatoms. The summed E-state index contributed by atoms with van der Waals surface area (Å²) in [5, 5.41) is 12.7. The lowest BCUT2D eigenvalue weighted by Gasteiger charge is -2.16. The summed E-state index contributed by atoms with van der Waals surface area (Å²) in [5.41, 5.74) is 0.369. The van der Waals surface area contributed by atoms with Crippen molar-refractivity contribution >= 4 is 11.9 Å². The van der Waals surface area contributed by atoms with Gasteiger partial charge >= 0.3 is 5.97 Å². The highest BCUT2D eigenvalue weighted by atomic mass is 16.4. The van der Waals surface area contributed by atoms with E-state index < -0.39 is 5.97 Å². The molecule has 1 amide bonds. The third-order valence-electron chi connectivity index (χ3n) is 3.25. The van der Waals surface area contributed by atoms with Crippen LogP contribution >= 0.6 is 0 Å². The fourth-order valence-corrected chi connectivity index (χ4v) is 2.04. The molecule has 0 radical (unpaired) electrons. The molecule has 0 aliphatic rings. The highest BCUT2D eigenvalue weighted by Gasteiger charge is 2.15. The molecule has 0 spiro atoms. The van der Waals surface area contributed by atoms with Gasteiger partial charge in [-0.25, -0.2) is 0 Å². The second kappa shape index (κ2) is 7.35.